The summed E-state index contributed by atoms with van der Waals surface area (Å²) in [4.78, 5) is 0. The van der Waals surface area contributed by atoms with Crippen molar-refractivity contribution in [3.8, 4) is 5.75 Å². The van der Waals surface area contributed by atoms with E-state index in [-0.39, 0.29) is 12.1 Å². The van der Waals surface area contributed by atoms with Gasteiger partial charge >= 0.3 is 0 Å². The zero-order valence-corrected chi connectivity index (χ0v) is 12.7. The molecular weight excluding hydrogens is 250 g/mol. The zero-order chi connectivity index (χ0) is 14.4. The Kier molecular flexibility index (Phi) is 5.86. The molecule has 2 N–H and O–H groups in total. The van der Waals surface area contributed by atoms with E-state index in [0.29, 0.717) is 12.5 Å². The minimum atomic E-state index is -0.120. The molecule has 1 fully saturated rings. The van der Waals surface area contributed by atoms with Gasteiger partial charge in [0.15, 0.2) is 0 Å². The number of nitrogens with two attached hydrogens (primary N) is 1. The Bertz CT molecular complexity index is 402. The number of benzene rings is 1. The largest absolute Gasteiger partial charge is 0.494 e. The van der Waals surface area contributed by atoms with Gasteiger partial charge in [-0.1, -0.05) is 37.5 Å². The first-order valence-corrected chi connectivity index (χ1v) is 7.78. The summed E-state index contributed by atoms with van der Waals surface area (Å²) in [6.45, 7) is 2.65. The fraction of sp³-hybridized carbons (Fsp3) is 0.647. The molecule has 1 saturated carbocycles. The van der Waals surface area contributed by atoms with Crippen LogP contribution in [0.2, 0.25) is 0 Å². The van der Waals surface area contributed by atoms with Gasteiger partial charge in [-0.15, -0.1) is 0 Å². The zero-order valence-electron chi connectivity index (χ0n) is 12.7. The van der Waals surface area contributed by atoms with Crippen LogP contribution in [0.3, 0.4) is 0 Å². The predicted molar refractivity (Wildman–Crippen MR) is 81.9 cm³/mol. The van der Waals surface area contributed by atoms with Crippen LogP contribution in [0.25, 0.3) is 0 Å². The van der Waals surface area contributed by atoms with Gasteiger partial charge in [0.05, 0.1) is 18.8 Å². The fourth-order valence-corrected chi connectivity index (χ4v) is 3.31. The Labute approximate surface area is 122 Å². The van der Waals surface area contributed by atoms with E-state index >= 15 is 0 Å². The van der Waals surface area contributed by atoms with Crippen molar-refractivity contribution in [2.75, 3.05) is 13.7 Å². The van der Waals surface area contributed by atoms with Crippen molar-refractivity contribution in [3.05, 3.63) is 29.8 Å². The molecule has 0 amide bonds. The molecule has 1 aliphatic carbocycles. The Hall–Kier alpha value is -1.06. The Morgan fingerprint density at radius 3 is 2.55 bits per heavy atom. The third-order valence-corrected chi connectivity index (χ3v) is 4.32. The second kappa shape index (κ2) is 7.65. The van der Waals surface area contributed by atoms with Crippen LogP contribution in [0.4, 0.5) is 0 Å². The van der Waals surface area contributed by atoms with E-state index in [9.17, 15) is 0 Å². The summed E-state index contributed by atoms with van der Waals surface area (Å²) in [5, 5.41) is 0. The van der Waals surface area contributed by atoms with E-state index < -0.39 is 0 Å². The van der Waals surface area contributed by atoms with Gasteiger partial charge in [-0.2, -0.15) is 0 Å². The van der Waals surface area contributed by atoms with Crippen molar-refractivity contribution in [3.63, 3.8) is 0 Å². The molecule has 1 aromatic rings. The summed E-state index contributed by atoms with van der Waals surface area (Å²) in [6, 6.07) is 7.94. The van der Waals surface area contributed by atoms with Crippen LogP contribution in [-0.2, 0) is 4.74 Å². The first-order chi connectivity index (χ1) is 9.77. The van der Waals surface area contributed by atoms with E-state index in [1.807, 2.05) is 25.1 Å². The average Bonchev–Trinajstić information content (AvgIpc) is 2.50. The molecule has 0 aromatic heterocycles. The molecule has 0 heterocycles. The molecule has 1 aliphatic rings. The van der Waals surface area contributed by atoms with Gasteiger partial charge in [0, 0.05) is 12.7 Å². The summed E-state index contributed by atoms with van der Waals surface area (Å²) in [5.41, 5.74) is 7.57. The lowest BCUT2D eigenvalue weighted by Crippen LogP contribution is -2.36. The Morgan fingerprint density at radius 2 is 1.90 bits per heavy atom. The highest BCUT2D eigenvalue weighted by Gasteiger charge is 2.30. The van der Waals surface area contributed by atoms with Gasteiger partial charge in [-0.05, 0) is 31.7 Å². The van der Waals surface area contributed by atoms with Crippen LogP contribution in [0.5, 0.6) is 5.75 Å². The van der Waals surface area contributed by atoms with Gasteiger partial charge in [-0.25, -0.2) is 0 Å². The van der Waals surface area contributed by atoms with Crippen LogP contribution >= 0.6 is 0 Å². The van der Waals surface area contributed by atoms with Crippen LogP contribution in [-0.4, -0.2) is 19.8 Å². The van der Waals surface area contributed by atoms with Gasteiger partial charge in [-0.3, -0.25) is 0 Å². The van der Waals surface area contributed by atoms with Gasteiger partial charge in [0.1, 0.15) is 5.75 Å². The molecule has 0 radical (unpaired) electrons. The number of rotatable bonds is 6. The highest BCUT2D eigenvalue weighted by molar-refractivity contribution is 5.36. The molecule has 0 spiro atoms. The number of ether oxygens (including phenoxy) is 2. The second-order valence-corrected chi connectivity index (χ2v) is 5.60. The molecule has 2 atom stereocenters. The third kappa shape index (κ3) is 3.53. The maximum atomic E-state index is 6.51. The number of para-hydroxylation sites is 1. The topological polar surface area (TPSA) is 44.5 Å². The molecule has 3 heteroatoms. The fourth-order valence-electron chi connectivity index (χ4n) is 3.31. The smallest absolute Gasteiger partial charge is 0.124 e. The van der Waals surface area contributed by atoms with Crippen LogP contribution < -0.4 is 10.5 Å². The van der Waals surface area contributed by atoms with Gasteiger partial charge in [0.2, 0.25) is 0 Å². The molecule has 2 unspecified atom stereocenters. The van der Waals surface area contributed by atoms with Crippen molar-refractivity contribution in [1.82, 2.24) is 0 Å². The number of hydrogen-bond acceptors (Lipinski definition) is 3. The first kappa shape index (κ1) is 15.3. The summed E-state index contributed by atoms with van der Waals surface area (Å²) >= 11 is 0. The molecule has 0 bridgehead atoms. The van der Waals surface area contributed by atoms with Crippen LogP contribution in [0.15, 0.2) is 24.3 Å². The van der Waals surface area contributed by atoms with E-state index in [1.165, 1.54) is 32.1 Å². The summed E-state index contributed by atoms with van der Waals surface area (Å²) in [7, 11) is 1.78. The minimum absolute atomic E-state index is 0.0805. The minimum Gasteiger partial charge on any atom is -0.494 e. The quantitative estimate of drug-likeness (QED) is 0.862. The lowest BCUT2D eigenvalue weighted by atomic mass is 9.81. The normalized spacial score (nSPS) is 19.6. The van der Waals surface area contributed by atoms with Crippen molar-refractivity contribution < 1.29 is 9.47 Å². The Morgan fingerprint density at radius 1 is 1.20 bits per heavy atom. The van der Waals surface area contributed by atoms with Crippen molar-refractivity contribution >= 4 is 0 Å². The van der Waals surface area contributed by atoms with E-state index in [0.717, 1.165) is 11.3 Å². The third-order valence-electron chi connectivity index (χ3n) is 4.32. The van der Waals surface area contributed by atoms with Crippen molar-refractivity contribution in [2.24, 2.45) is 11.7 Å². The maximum Gasteiger partial charge on any atom is 0.124 e. The SMILES string of the molecule is CCOc1ccccc1C(N)C(OC)C1CCCCC1. The van der Waals surface area contributed by atoms with E-state index in [4.69, 9.17) is 15.2 Å². The van der Waals surface area contributed by atoms with Gasteiger partial charge in [0.25, 0.3) is 0 Å². The molecule has 0 saturated heterocycles. The predicted octanol–water partition coefficient (Wildman–Crippen LogP) is 3.68. The second-order valence-electron chi connectivity index (χ2n) is 5.60. The standard InChI is InChI=1S/C17H27NO2/c1-3-20-15-12-8-7-11-14(15)16(18)17(19-2)13-9-5-4-6-10-13/h7-8,11-13,16-17H,3-6,9-10,18H2,1-2H3. The molecule has 1 aromatic carbocycles. The lowest BCUT2D eigenvalue weighted by molar-refractivity contribution is 0.0167. The van der Waals surface area contributed by atoms with E-state index in [1.54, 1.807) is 7.11 Å². The van der Waals surface area contributed by atoms with E-state index in [2.05, 4.69) is 6.07 Å². The molecule has 20 heavy (non-hydrogen) atoms. The summed E-state index contributed by atoms with van der Waals surface area (Å²) < 4.78 is 11.5. The lowest BCUT2D eigenvalue weighted by Gasteiger charge is -2.33. The van der Waals surface area contributed by atoms with Crippen molar-refractivity contribution in [2.45, 2.75) is 51.2 Å². The van der Waals surface area contributed by atoms with Crippen LogP contribution in [0.1, 0.15) is 50.6 Å². The average molecular weight is 277 g/mol. The monoisotopic (exact) mass is 277 g/mol. The molecule has 112 valence electrons. The molecular formula is C17H27NO2. The number of hydrogen-bond donors (Lipinski definition) is 1. The molecule has 3 nitrogen and oxygen atoms in total. The summed E-state index contributed by atoms with van der Waals surface area (Å²) in [5.74, 6) is 1.46. The summed E-state index contributed by atoms with van der Waals surface area (Å²) in [6.07, 6.45) is 6.47. The Balaban J connectivity index is 2.16. The first-order valence-electron chi connectivity index (χ1n) is 7.78. The van der Waals surface area contributed by atoms with Crippen LogP contribution in [0, 0.1) is 5.92 Å². The van der Waals surface area contributed by atoms with Gasteiger partial charge < -0.3 is 15.2 Å². The molecule has 2 rings (SSSR count). The maximum absolute atomic E-state index is 6.51. The highest BCUT2D eigenvalue weighted by atomic mass is 16.5. The molecule has 0 aliphatic heterocycles. The number of methoxy groups -OCH3 is 1. The highest BCUT2D eigenvalue weighted by Crippen LogP contribution is 2.35. The van der Waals surface area contributed by atoms with Crippen molar-refractivity contribution in [1.29, 1.82) is 0 Å².